The first-order valence-corrected chi connectivity index (χ1v) is 4.47. The third kappa shape index (κ3) is 2.68. The van der Waals surface area contributed by atoms with E-state index < -0.39 is 0 Å². The van der Waals surface area contributed by atoms with Crippen LogP contribution in [0.25, 0.3) is 0 Å². The minimum atomic E-state index is -0.225. The maximum absolute atomic E-state index is 11.2. The quantitative estimate of drug-likeness (QED) is 0.372. The molecule has 0 bridgehead atoms. The fraction of sp³-hybridized carbons (Fsp3) is 1.00. The van der Waals surface area contributed by atoms with Gasteiger partial charge in [0.25, 0.3) is 0 Å². The molecule has 12 heavy (non-hydrogen) atoms. The molecule has 0 heterocycles. The Morgan fingerprint density at radius 2 is 1.17 bits per heavy atom. The van der Waals surface area contributed by atoms with Gasteiger partial charge in [0, 0.05) is 36.4 Å². The average Bonchev–Trinajstić information content (AvgIpc) is 2.12. The van der Waals surface area contributed by atoms with E-state index in [0.29, 0.717) is 22.6 Å². The summed E-state index contributed by atoms with van der Waals surface area (Å²) in [5.41, 5.74) is 0. The molecule has 0 saturated heterocycles. The van der Waals surface area contributed by atoms with Crippen molar-refractivity contribution in [1.82, 2.24) is 0 Å². The van der Waals surface area contributed by atoms with E-state index in [9.17, 15) is 10.4 Å². The molecule has 0 spiro atoms. The minimum absolute atomic E-state index is 0.225. The lowest BCUT2D eigenvalue weighted by molar-refractivity contribution is -0.995. The zero-order valence-corrected chi connectivity index (χ0v) is 8.28. The normalized spacial score (nSPS) is 18.3. The maximum atomic E-state index is 11.2. The third-order valence-corrected chi connectivity index (χ3v) is 2.13. The van der Waals surface area contributed by atoms with Crippen molar-refractivity contribution in [2.75, 3.05) is 0 Å². The average molecular weight is 174 g/mol. The first-order valence-electron chi connectivity index (χ1n) is 4.47. The minimum Gasteiger partial charge on any atom is -0.567 e. The lowest BCUT2D eigenvalue weighted by Crippen LogP contribution is -2.30. The molecule has 4 nitrogen and oxygen atoms in total. The molecule has 0 rings (SSSR count). The summed E-state index contributed by atoms with van der Waals surface area (Å²) >= 11 is 0. The van der Waals surface area contributed by atoms with Crippen LogP contribution >= 0.6 is 0 Å². The zero-order valence-electron chi connectivity index (χ0n) is 8.28. The lowest BCUT2D eigenvalue weighted by atomic mass is 10.3. The molecule has 0 N–H and O–H groups in total. The van der Waals surface area contributed by atoms with Crippen LogP contribution in [0.3, 0.4) is 0 Å². The van der Waals surface area contributed by atoms with E-state index in [0.717, 1.165) is 0 Å². The van der Waals surface area contributed by atoms with Crippen molar-refractivity contribution >= 4 is 0 Å². The van der Waals surface area contributed by atoms with Crippen LogP contribution in [0.15, 0.2) is 0 Å². The van der Waals surface area contributed by atoms with E-state index in [4.69, 9.17) is 0 Å². The number of hydroxylamine groups is 2. The largest absolute Gasteiger partial charge is 0.567 e. The highest BCUT2D eigenvalue weighted by Gasteiger charge is 2.19. The Balaban J connectivity index is 4.44. The summed E-state index contributed by atoms with van der Waals surface area (Å²) < 4.78 is 0. The second-order valence-corrected chi connectivity index (χ2v) is 3.12. The summed E-state index contributed by atoms with van der Waals surface area (Å²) in [6, 6.07) is -0.451. The number of rotatable bonds is 4. The molecule has 2 unspecified atom stereocenters. The molecule has 0 aliphatic heterocycles. The predicted octanol–water partition coefficient (Wildman–Crippen LogP) is 2.06. The maximum Gasteiger partial charge on any atom is 0.226 e. The van der Waals surface area contributed by atoms with Gasteiger partial charge in [0.15, 0.2) is 0 Å². The van der Waals surface area contributed by atoms with Crippen molar-refractivity contribution in [3.63, 3.8) is 0 Å². The van der Waals surface area contributed by atoms with Gasteiger partial charge in [-0.1, -0.05) is 13.8 Å². The molecule has 72 valence electrons. The monoisotopic (exact) mass is 174 g/mol. The molecular weight excluding hydrogens is 156 g/mol. The molecule has 2 atom stereocenters. The van der Waals surface area contributed by atoms with Gasteiger partial charge in [-0.15, -0.1) is 0 Å². The van der Waals surface area contributed by atoms with Gasteiger partial charge in [-0.05, 0) is 0 Å². The number of nitrogens with zero attached hydrogens (tertiary/aromatic N) is 2. The summed E-state index contributed by atoms with van der Waals surface area (Å²) in [5, 5.41) is 22.4. The molecule has 0 aromatic carbocycles. The zero-order chi connectivity index (χ0) is 9.72. The molecule has 0 aliphatic rings. The van der Waals surface area contributed by atoms with Crippen LogP contribution in [-0.2, 0) is 0 Å². The van der Waals surface area contributed by atoms with Crippen LogP contribution in [0, 0.1) is 10.4 Å². The Labute approximate surface area is 73.7 Å². The van der Waals surface area contributed by atoms with Crippen molar-refractivity contribution in [2.45, 2.75) is 52.6 Å². The Morgan fingerprint density at radius 3 is 1.33 bits per heavy atom. The third-order valence-electron chi connectivity index (χ3n) is 2.13. The van der Waals surface area contributed by atoms with Crippen LogP contribution in [0.4, 0.5) is 0 Å². The summed E-state index contributed by atoms with van der Waals surface area (Å²) in [5.74, 6) is 0. The van der Waals surface area contributed by atoms with E-state index in [1.807, 2.05) is 13.8 Å². The van der Waals surface area contributed by atoms with Gasteiger partial charge < -0.3 is 10.4 Å². The molecule has 0 fully saturated rings. The Bertz CT molecular complexity index is 150. The van der Waals surface area contributed by atoms with Crippen LogP contribution in [0.1, 0.15) is 40.5 Å². The lowest BCUT2D eigenvalue weighted by Gasteiger charge is -2.11. The Kier molecular flexibility index (Phi) is 4.62. The van der Waals surface area contributed by atoms with E-state index >= 15 is 0 Å². The van der Waals surface area contributed by atoms with Crippen molar-refractivity contribution in [3.05, 3.63) is 10.4 Å². The fourth-order valence-corrected chi connectivity index (χ4v) is 0.701. The first kappa shape index (κ1) is 11.2. The summed E-state index contributed by atoms with van der Waals surface area (Å²) in [6.07, 6.45) is 1.39. The van der Waals surface area contributed by atoms with Gasteiger partial charge in [0.1, 0.15) is 0 Å². The molecule has 0 radical (unpaired) electrons. The van der Waals surface area contributed by atoms with Gasteiger partial charge in [0.05, 0.1) is 0 Å². The van der Waals surface area contributed by atoms with E-state index in [1.54, 1.807) is 13.8 Å². The topological polar surface area (TPSA) is 52.1 Å². The van der Waals surface area contributed by atoms with Crippen LogP contribution in [0.2, 0.25) is 0 Å². The van der Waals surface area contributed by atoms with E-state index in [1.165, 1.54) is 0 Å². The van der Waals surface area contributed by atoms with Crippen molar-refractivity contribution < 1.29 is 9.72 Å². The number of hydrogen-bond donors (Lipinski definition) is 0. The standard InChI is InChI=1S/C8H18N2O2/c1-5-7(3)9(11)10(12)8(4)6-2/h7-8H,5-6H2,1-4H3/b10-9+. The van der Waals surface area contributed by atoms with Crippen LogP contribution in [-0.4, -0.2) is 21.8 Å². The van der Waals surface area contributed by atoms with E-state index in [2.05, 4.69) is 0 Å². The van der Waals surface area contributed by atoms with Gasteiger partial charge in [0.2, 0.25) is 12.1 Å². The smallest absolute Gasteiger partial charge is 0.226 e. The second-order valence-electron chi connectivity index (χ2n) is 3.12. The Morgan fingerprint density at radius 1 is 0.917 bits per heavy atom. The molecular formula is C8H18N2O2. The van der Waals surface area contributed by atoms with Gasteiger partial charge in [-0.25, -0.2) is 0 Å². The van der Waals surface area contributed by atoms with Crippen molar-refractivity contribution in [2.24, 2.45) is 0 Å². The number of hydrogen-bond acceptors (Lipinski definition) is 2. The highest BCUT2D eigenvalue weighted by Crippen LogP contribution is 2.00. The summed E-state index contributed by atoms with van der Waals surface area (Å²) in [4.78, 5) is 1.04. The SMILES string of the molecule is CCC(C)/[N+]([O-])=[N+](\[O-])C(C)CC. The van der Waals surface area contributed by atoms with Crippen LogP contribution < -0.4 is 0 Å². The first-order chi connectivity index (χ1) is 5.54. The molecule has 0 amide bonds. The summed E-state index contributed by atoms with van der Waals surface area (Å²) in [7, 11) is 0. The summed E-state index contributed by atoms with van der Waals surface area (Å²) in [6.45, 7) is 7.28. The molecule has 0 saturated carbocycles. The highest BCUT2D eigenvalue weighted by molar-refractivity contribution is 4.40. The van der Waals surface area contributed by atoms with Crippen molar-refractivity contribution in [1.29, 1.82) is 0 Å². The Hall–Kier alpha value is -0.800. The highest BCUT2D eigenvalue weighted by atomic mass is 16.6. The molecule has 0 aromatic rings. The second kappa shape index (κ2) is 4.95. The molecule has 0 aliphatic carbocycles. The van der Waals surface area contributed by atoms with Crippen LogP contribution in [0.5, 0.6) is 0 Å². The number of azo groups is 1. The fourth-order valence-electron chi connectivity index (χ4n) is 0.701. The van der Waals surface area contributed by atoms with Crippen molar-refractivity contribution in [3.8, 4) is 0 Å². The molecule has 0 aromatic heterocycles. The van der Waals surface area contributed by atoms with E-state index in [-0.39, 0.29) is 12.1 Å². The van der Waals surface area contributed by atoms with Gasteiger partial charge >= 0.3 is 0 Å². The van der Waals surface area contributed by atoms with Gasteiger partial charge in [-0.2, -0.15) is 0 Å². The molecule has 4 heteroatoms. The predicted molar refractivity (Wildman–Crippen MR) is 46.8 cm³/mol. The van der Waals surface area contributed by atoms with Gasteiger partial charge in [-0.3, -0.25) is 0 Å².